The number of pyridine rings is 1. The van der Waals surface area contributed by atoms with Crippen molar-refractivity contribution in [1.29, 1.82) is 0 Å². The summed E-state index contributed by atoms with van der Waals surface area (Å²) in [5, 5.41) is 18.6. The van der Waals surface area contributed by atoms with E-state index >= 15 is 0 Å². The number of carboxylic acids is 1. The van der Waals surface area contributed by atoms with Crippen molar-refractivity contribution in [3.05, 3.63) is 119 Å². The number of anilines is 2. The Labute approximate surface area is 310 Å². The van der Waals surface area contributed by atoms with Crippen molar-refractivity contribution in [3.8, 4) is 16.9 Å². The van der Waals surface area contributed by atoms with E-state index in [1.807, 2.05) is 102 Å². The summed E-state index contributed by atoms with van der Waals surface area (Å²) >= 11 is 1.43. The predicted octanol–water partition coefficient (Wildman–Crippen LogP) is 6.48. The van der Waals surface area contributed by atoms with Gasteiger partial charge < -0.3 is 19.5 Å². The van der Waals surface area contributed by atoms with Crippen molar-refractivity contribution >= 4 is 44.4 Å². The van der Waals surface area contributed by atoms with Crippen LogP contribution in [-0.2, 0) is 24.2 Å². The number of carbonyl (C=O) groups excluding carboxylic acids is 1. The average molecular weight is 730 g/mol. The first-order valence-corrected chi connectivity index (χ1v) is 18.5. The monoisotopic (exact) mass is 729 g/mol. The van der Waals surface area contributed by atoms with Crippen molar-refractivity contribution in [2.75, 3.05) is 43.1 Å². The largest absolute Gasteiger partial charge is 0.476 e. The minimum atomic E-state index is -1.13. The Morgan fingerprint density at radius 3 is 2.60 bits per heavy atom. The van der Waals surface area contributed by atoms with Gasteiger partial charge in [0.2, 0.25) is 0 Å². The number of nitrogens with zero attached hydrogens (tertiary/aromatic N) is 6. The van der Waals surface area contributed by atoms with Crippen LogP contribution >= 0.6 is 11.3 Å². The first kappa shape index (κ1) is 34.5. The summed E-state index contributed by atoms with van der Waals surface area (Å²) in [5.74, 6) is -0.0481. The molecule has 12 nitrogen and oxygen atoms in total. The summed E-state index contributed by atoms with van der Waals surface area (Å²) in [4.78, 5) is 39.8. The lowest BCUT2D eigenvalue weighted by Crippen LogP contribution is -2.44. The number of hydrogen-bond acceptors (Lipinski definition) is 10. The predicted molar refractivity (Wildman–Crippen MR) is 204 cm³/mol. The van der Waals surface area contributed by atoms with E-state index in [0.29, 0.717) is 66.9 Å². The van der Waals surface area contributed by atoms with E-state index in [-0.39, 0.29) is 17.8 Å². The summed E-state index contributed by atoms with van der Waals surface area (Å²) < 4.78 is 14.8. The van der Waals surface area contributed by atoms with Crippen molar-refractivity contribution in [3.63, 3.8) is 0 Å². The SMILES string of the molecule is Cc1c(-c2ccc(N3CCc4cccc(C(=O)Nc5nc6ccccc6s5)c4C3)nc2C(=O)O)cnn1Cc1ccccc1OC(C)N1CCOCC1. The number of amides is 1. The number of rotatable bonds is 10. The zero-order valence-electron chi connectivity index (χ0n) is 29.5. The molecule has 0 radical (unpaired) electrons. The molecule has 5 heterocycles. The Kier molecular flexibility index (Phi) is 9.61. The first-order chi connectivity index (χ1) is 25.8. The molecule has 1 unspecified atom stereocenters. The van der Waals surface area contributed by atoms with Gasteiger partial charge in [-0.25, -0.2) is 14.8 Å². The van der Waals surface area contributed by atoms with E-state index in [0.717, 1.165) is 51.4 Å². The van der Waals surface area contributed by atoms with Crippen LogP contribution in [0.1, 0.15) is 50.2 Å². The number of para-hydroxylation sites is 2. The Morgan fingerprint density at radius 2 is 1.77 bits per heavy atom. The highest BCUT2D eigenvalue weighted by molar-refractivity contribution is 7.22. The van der Waals surface area contributed by atoms with Crippen LogP contribution in [0.3, 0.4) is 0 Å². The van der Waals surface area contributed by atoms with Gasteiger partial charge in [-0.1, -0.05) is 53.8 Å². The Balaban J connectivity index is 1.01. The van der Waals surface area contributed by atoms with Crippen LogP contribution in [0.25, 0.3) is 21.3 Å². The number of aromatic carboxylic acids is 1. The van der Waals surface area contributed by atoms with E-state index < -0.39 is 5.97 Å². The van der Waals surface area contributed by atoms with E-state index in [2.05, 4.69) is 25.3 Å². The zero-order valence-corrected chi connectivity index (χ0v) is 30.3. The van der Waals surface area contributed by atoms with E-state index in [9.17, 15) is 14.7 Å². The number of hydrogen-bond donors (Lipinski definition) is 2. The molecule has 2 aliphatic rings. The van der Waals surface area contributed by atoms with Gasteiger partial charge in [-0.2, -0.15) is 5.10 Å². The second-order valence-electron chi connectivity index (χ2n) is 13.2. The molecule has 53 heavy (non-hydrogen) atoms. The minimum absolute atomic E-state index is 0.0547. The third-order valence-corrected chi connectivity index (χ3v) is 10.9. The van der Waals surface area contributed by atoms with E-state index in [1.54, 1.807) is 6.20 Å². The quantitative estimate of drug-likeness (QED) is 0.161. The molecule has 270 valence electrons. The van der Waals surface area contributed by atoms with Gasteiger partial charge in [0.25, 0.3) is 5.91 Å². The number of fused-ring (bicyclic) bond motifs is 2. The summed E-state index contributed by atoms with van der Waals surface area (Å²) in [7, 11) is 0. The van der Waals surface area contributed by atoms with Crippen LogP contribution < -0.4 is 15.0 Å². The molecule has 0 aliphatic carbocycles. The molecule has 0 spiro atoms. The molecular formula is C40H39N7O5S. The zero-order chi connectivity index (χ0) is 36.5. The normalized spacial score (nSPS) is 15.2. The highest BCUT2D eigenvalue weighted by atomic mass is 32.1. The van der Waals surface area contributed by atoms with Crippen molar-refractivity contribution < 1.29 is 24.2 Å². The van der Waals surface area contributed by atoms with Crippen LogP contribution in [0.4, 0.5) is 10.9 Å². The maximum Gasteiger partial charge on any atom is 0.355 e. The minimum Gasteiger partial charge on any atom is -0.476 e. The maximum absolute atomic E-state index is 13.6. The molecule has 3 aromatic heterocycles. The number of carbonyl (C=O) groups is 2. The molecule has 2 aliphatic heterocycles. The molecule has 0 saturated carbocycles. The van der Waals surface area contributed by atoms with E-state index in [4.69, 9.17) is 9.47 Å². The molecule has 1 atom stereocenters. The number of thiazole rings is 1. The number of nitrogens with one attached hydrogen (secondary N) is 1. The fourth-order valence-electron chi connectivity index (χ4n) is 7.07. The highest BCUT2D eigenvalue weighted by Gasteiger charge is 2.26. The number of benzene rings is 3. The average Bonchev–Trinajstić information content (AvgIpc) is 3.77. The Morgan fingerprint density at radius 1 is 0.962 bits per heavy atom. The van der Waals surface area contributed by atoms with Gasteiger partial charge in [-0.05, 0) is 67.8 Å². The van der Waals surface area contributed by atoms with Gasteiger partial charge >= 0.3 is 5.97 Å². The Hall–Kier alpha value is -5.63. The van der Waals surface area contributed by atoms with Crippen LogP contribution in [-0.4, -0.2) is 80.7 Å². The third kappa shape index (κ3) is 7.10. The summed E-state index contributed by atoms with van der Waals surface area (Å²) in [6.07, 6.45) is 2.27. The molecular weight excluding hydrogens is 691 g/mol. The van der Waals surface area contributed by atoms with Crippen LogP contribution in [0.2, 0.25) is 0 Å². The maximum atomic E-state index is 13.6. The van der Waals surface area contributed by atoms with Gasteiger partial charge in [0, 0.05) is 54.1 Å². The lowest BCUT2D eigenvalue weighted by molar-refractivity contribution is -0.0376. The second-order valence-corrected chi connectivity index (χ2v) is 14.2. The lowest BCUT2D eigenvalue weighted by atomic mass is 9.94. The molecule has 13 heteroatoms. The molecule has 3 aromatic carbocycles. The molecule has 0 bridgehead atoms. The number of carboxylic acid groups (broad SMARTS) is 1. The Bertz CT molecular complexity index is 2280. The van der Waals surface area contributed by atoms with E-state index in [1.165, 1.54) is 11.3 Å². The van der Waals surface area contributed by atoms with Gasteiger partial charge in [-0.15, -0.1) is 0 Å². The first-order valence-electron chi connectivity index (χ1n) is 17.7. The third-order valence-electron chi connectivity index (χ3n) is 9.98. The van der Waals surface area contributed by atoms with Crippen LogP contribution in [0.15, 0.2) is 85.1 Å². The molecule has 1 saturated heterocycles. The van der Waals surface area contributed by atoms with Gasteiger partial charge in [0.15, 0.2) is 10.8 Å². The summed E-state index contributed by atoms with van der Waals surface area (Å²) in [5.41, 5.74) is 6.28. The molecule has 6 aromatic rings. The fourth-order valence-corrected chi connectivity index (χ4v) is 7.93. The van der Waals surface area contributed by atoms with Crippen LogP contribution in [0.5, 0.6) is 5.75 Å². The van der Waals surface area contributed by atoms with Gasteiger partial charge in [0.05, 0.1) is 36.2 Å². The van der Waals surface area contributed by atoms with Gasteiger partial charge in [0.1, 0.15) is 17.8 Å². The number of morpholine rings is 1. The standard InChI is InChI=1S/C40H39N7O5S/c1-25-31(22-41-47(25)23-28-8-3-5-12-34(28)52-26(2)45-18-20-51-21-19-45)29-14-15-36(43-37(29)39(49)50)46-17-16-27-9-7-10-30(32(27)24-46)38(48)44-40-42-33-11-4-6-13-35(33)53-40/h3-15,22,26H,16-21,23-24H2,1-2H3,(H,49,50)(H,42,44,48). The van der Waals surface area contributed by atoms with Crippen LogP contribution in [0, 0.1) is 6.92 Å². The summed E-state index contributed by atoms with van der Waals surface area (Å²) in [6, 6.07) is 25.1. The molecule has 2 N–H and O–H groups in total. The molecule has 8 rings (SSSR count). The number of ether oxygens (including phenoxy) is 2. The molecule has 1 fully saturated rings. The molecule has 1 amide bonds. The smallest absolute Gasteiger partial charge is 0.355 e. The highest BCUT2D eigenvalue weighted by Crippen LogP contribution is 2.33. The van der Waals surface area contributed by atoms with Crippen molar-refractivity contribution in [2.45, 2.75) is 39.6 Å². The fraction of sp³-hybridized carbons (Fsp3) is 0.275. The van der Waals surface area contributed by atoms with Crippen molar-refractivity contribution in [1.82, 2.24) is 24.6 Å². The number of aromatic nitrogens is 4. The summed E-state index contributed by atoms with van der Waals surface area (Å²) in [6.45, 7) is 8.49. The van der Waals surface area contributed by atoms with Crippen molar-refractivity contribution in [2.24, 2.45) is 0 Å². The topological polar surface area (TPSA) is 135 Å². The van der Waals surface area contributed by atoms with Gasteiger partial charge in [-0.3, -0.25) is 19.7 Å². The lowest BCUT2D eigenvalue weighted by Gasteiger charge is -2.32. The second kappa shape index (κ2) is 14.8.